The predicted molar refractivity (Wildman–Crippen MR) is 62.6 cm³/mol. The molecule has 78 valence electrons. The van der Waals surface area contributed by atoms with Gasteiger partial charge in [-0.1, -0.05) is 17.7 Å². The number of halogens is 1. The summed E-state index contributed by atoms with van der Waals surface area (Å²) >= 11 is 10.9. The first kappa shape index (κ1) is 10.4. The molecular formula is C10H10ClN3S. The lowest BCUT2D eigenvalue weighted by atomic mass is 10.3. The fraction of sp³-hybridized carbons (Fsp3) is 0.200. The summed E-state index contributed by atoms with van der Waals surface area (Å²) in [5.74, 6) is 0. The minimum absolute atomic E-state index is 0.533. The maximum absolute atomic E-state index is 5.79. The van der Waals surface area contributed by atoms with Crippen LogP contribution in [0, 0.1) is 4.77 Å². The minimum Gasteiger partial charge on any atom is -0.337 e. The summed E-state index contributed by atoms with van der Waals surface area (Å²) in [5.41, 5.74) is 0.977. The monoisotopic (exact) mass is 239 g/mol. The average Bonchev–Trinajstić information content (AvgIpc) is 2.61. The van der Waals surface area contributed by atoms with Crippen LogP contribution in [0.2, 0.25) is 5.15 Å². The quantitative estimate of drug-likeness (QED) is 0.660. The molecule has 0 bridgehead atoms. The van der Waals surface area contributed by atoms with Gasteiger partial charge in [0.1, 0.15) is 5.15 Å². The Labute approximate surface area is 97.7 Å². The molecule has 0 aliphatic heterocycles. The molecule has 2 rings (SSSR count). The van der Waals surface area contributed by atoms with E-state index < -0.39 is 0 Å². The van der Waals surface area contributed by atoms with Gasteiger partial charge in [0.25, 0.3) is 0 Å². The Morgan fingerprint density at radius 1 is 1.47 bits per heavy atom. The normalized spacial score (nSPS) is 10.5. The van der Waals surface area contributed by atoms with Crippen LogP contribution in [-0.2, 0) is 13.0 Å². The summed E-state index contributed by atoms with van der Waals surface area (Å²) in [6.45, 7) is 0.815. The molecule has 2 heterocycles. The Morgan fingerprint density at radius 3 is 3.00 bits per heavy atom. The van der Waals surface area contributed by atoms with Gasteiger partial charge < -0.3 is 9.55 Å². The van der Waals surface area contributed by atoms with E-state index in [4.69, 9.17) is 23.8 Å². The standard InChI is InChI=1S/C10H10ClN3S/c11-9-3-1-2-8(13-9)4-6-14-7-5-12-10(14)15/h1-3,5,7H,4,6H2,(H,12,15). The van der Waals surface area contributed by atoms with Crippen LogP contribution in [0.25, 0.3) is 0 Å². The number of aryl methyl sites for hydroxylation is 2. The third-order valence-electron chi connectivity index (χ3n) is 2.10. The highest BCUT2D eigenvalue weighted by molar-refractivity contribution is 7.71. The van der Waals surface area contributed by atoms with Gasteiger partial charge >= 0.3 is 0 Å². The van der Waals surface area contributed by atoms with Crippen molar-refractivity contribution < 1.29 is 0 Å². The SMILES string of the molecule is S=c1[nH]ccn1CCc1cccc(Cl)n1. The molecule has 5 heteroatoms. The molecule has 2 aromatic heterocycles. The Kier molecular flexibility index (Phi) is 3.18. The predicted octanol–water partition coefficient (Wildman–Crippen LogP) is 2.84. The molecular weight excluding hydrogens is 230 g/mol. The number of nitrogens with one attached hydrogen (secondary N) is 1. The van der Waals surface area contributed by atoms with E-state index in [0.717, 1.165) is 23.4 Å². The number of rotatable bonds is 3. The Morgan fingerprint density at radius 2 is 2.33 bits per heavy atom. The molecule has 1 N–H and O–H groups in total. The molecule has 0 aliphatic carbocycles. The number of pyridine rings is 1. The highest BCUT2D eigenvalue weighted by Crippen LogP contribution is 2.06. The molecule has 3 nitrogen and oxygen atoms in total. The molecule has 0 spiro atoms. The molecule has 0 unspecified atom stereocenters. The highest BCUT2D eigenvalue weighted by atomic mass is 35.5. The van der Waals surface area contributed by atoms with Crippen molar-refractivity contribution in [1.82, 2.24) is 14.5 Å². The lowest BCUT2D eigenvalue weighted by Gasteiger charge is -2.02. The van der Waals surface area contributed by atoms with E-state index in [2.05, 4.69) is 9.97 Å². The summed E-state index contributed by atoms with van der Waals surface area (Å²) in [6.07, 6.45) is 4.58. The highest BCUT2D eigenvalue weighted by Gasteiger charge is 1.97. The van der Waals surface area contributed by atoms with Crippen LogP contribution in [-0.4, -0.2) is 14.5 Å². The van der Waals surface area contributed by atoms with Crippen molar-refractivity contribution in [3.8, 4) is 0 Å². The van der Waals surface area contributed by atoms with Crippen molar-refractivity contribution in [2.75, 3.05) is 0 Å². The maximum atomic E-state index is 5.79. The molecule has 0 aromatic carbocycles. The zero-order valence-electron chi connectivity index (χ0n) is 7.98. The van der Waals surface area contributed by atoms with Crippen LogP contribution < -0.4 is 0 Å². The van der Waals surface area contributed by atoms with E-state index in [0.29, 0.717) is 5.15 Å². The lowest BCUT2D eigenvalue weighted by Crippen LogP contribution is -2.01. The zero-order chi connectivity index (χ0) is 10.7. The van der Waals surface area contributed by atoms with Crippen LogP contribution in [0.3, 0.4) is 0 Å². The number of H-pyrrole nitrogens is 1. The largest absolute Gasteiger partial charge is 0.337 e. The first-order valence-corrected chi connectivity index (χ1v) is 5.39. The first-order chi connectivity index (χ1) is 7.25. The topological polar surface area (TPSA) is 33.6 Å². The Balaban J connectivity index is 2.05. The van der Waals surface area contributed by atoms with E-state index in [-0.39, 0.29) is 0 Å². The summed E-state index contributed by atoms with van der Waals surface area (Å²) in [6, 6.07) is 5.64. The van der Waals surface area contributed by atoms with Crippen LogP contribution in [0.5, 0.6) is 0 Å². The number of aromatic nitrogens is 3. The van der Waals surface area contributed by atoms with Crippen LogP contribution in [0.15, 0.2) is 30.6 Å². The third kappa shape index (κ3) is 2.67. The van der Waals surface area contributed by atoms with Crippen molar-refractivity contribution >= 4 is 23.8 Å². The Hall–Kier alpha value is -1.13. The molecule has 0 aliphatic rings. The van der Waals surface area contributed by atoms with E-state index in [9.17, 15) is 0 Å². The smallest absolute Gasteiger partial charge is 0.177 e. The van der Waals surface area contributed by atoms with E-state index in [1.165, 1.54) is 0 Å². The average molecular weight is 240 g/mol. The number of hydrogen-bond donors (Lipinski definition) is 1. The third-order valence-corrected chi connectivity index (χ3v) is 2.67. The summed E-state index contributed by atoms with van der Waals surface area (Å²) in [7, 11) is 0. The summed E-state index contributed by atoms with van der Waals surface area (Å²) in [4.78, 5) is 7.16. The van der Waals surface area contributed by atoms with Crippen molar-refractivity contribution in [3.63, 3.8) is 0 Å². The van der Waals surface area contributed by atoms with Gasteiger partial charge in [0.15, 0.2) is 4.77 Å². The number of aromatic amines is 1. The number of hydrogen-bond acceptors (Lipinski definition) is 2. The lowest BCUT2D eigenvalue weighted by molar-refractivity contribution is 0.676. The summed E-state index contributed by atoms with van der Waals surface area (Å²) in [5, 5.41) is 0.533. The molecule has 0 atom stereocenters. The second kappa shape index (κ2) is 4.59. The van der Waals surface area contributed by atoms with Crippen LogP contribution in [0.1, 0.15) is 5.69 Å². The second-order valence-corrected chi connectivity index (χ2v) is 3.93. The van der Waals surface area contributed by atoms with Gasteiger partial charge in [0, 0.05) is 31.1 Å². The van der Waals surface area contributed by atoms with Gasteiger partial charge in [-0.25, -0.2) is 4.98 Å². The molecule has 0 radical (unpaired) electrons. The van der Waals surface area contributed by atoms with Crippen LogP contribution >= 0.6 is 23.8 Å². The Bertz CT molecular complexity index is 503. The zero-order valence-corrected chi connectivity index (χ0v) is 9.55. The fourth-order valence-corrected chi connectivity index (χ4v) is 1.75. The van der Waals surface area contributed by atoms with Crippen molar-refractivity contribution in [2.45, 2.75) is 13.0 Å². The van der Waals surface area contributed by atoms with Gasteiger partial charge in [0.2, 0.25) is 0 Å². The second-order valence-electron chi connectivity index (χ2n) is 3.16. The molecule has 0 saturated heterocycles. The number of nitrogens with zero attached hydrogens (tertiary/aromatic N) is 2. The van der Waals surface area contributed by atoms with Gasteiger partial charge in [0.05, 0.1) is 0 Å². The van der Waals surface area contributed by atoms with E-state index in [1.54, 1.807) is 6.07 Å². The maximum Gasteiger partial charge on any atom is 0.177 e. The van der Waals surface area contributed by atoms with Gasteiger partial charge in [-0.2, -0.15) is 0 Å². The van der Waals surface area contributed by atoms with Gasteiger partial charge in [-0.3, -0.25) is 0 Å². The first-order valence-electron chi connectivity index (χ1n) is 4.61. The van der Waals surface area contributed by atoms with Gasteiger partial charge in [-0.15, -0.1) is 0 Å². The fourth-order valence-electron chi connectivity index (χ4n) is 1.35. The molecule has 0 amide bonds. The summed E-state index contributed by atoms with van der Waals surface area (Å²) < 4.78 is 2.70. The van der Waals surface area contributed by atoms with E-state index in [1.807, 2.05) is 29.1 Å². The minimum atomic E-state index is 0.533. The molecule has 2 aromatic rings. The van der Waals surface area contributed by atoms with E-state index >= 15 is 0 Å². The van der Waals surface area contributed by atoms with Crippen LogP contribution in [0.4, 0.5) is 0 Å². The molecule has 0 saturated carbocycles. The molecule has 15 heavy (non-hydrogen) atoms. The van der Waals surface area contributed by atoms with Gasteiger partial charge in [-0.05, 0) is 24.4 Å². The van der Waals surface area contributed by atoms with Crippen molar-refractivity contribution in [2.24, 2.45) is 0 Å². The number of imidazole rings is 1. The van der Waals surface area contributed by atoms with Crippen molar-refractivity contribution in [3.05, 3.63) is 46.2 Å². The molecule has 0 fully saturated rings. The van der Waals surface area contributed by atoms with Crippen molar-refractivity contribution in [1.29, 1.82) is 0 Å².